The van der Waals surface area contributed by atoms with E-state index >= 15 is 0 Å². The molecule has 0 bridgehead atoms. The summed E-state index contributed by atoms with van der Waals surface area (Å²) in [5.41, 5.74) is 2.18. The molecule has 2 heterocycles. The molecular weight excluding hydrogens is 314 g/mol. The van der Waals surface area contributed by atoms with Gasteiger partial charge in [0.25, 0.3) is 5.91 Å². The third-order valence-electron chi connectivity index (χ3n) is 3.80. The van der Waals surface area contributed by atoms with Gasteiger partial charge in [-0.1, -0.05) is 18.5 Å². The van der Waals surface area contributed by atoms with Gasteiger partial charge in [0.15, 0.2) is 0 Å². The van der Waals surface area contributed by atoms with Gasteiger partial charge < -0.3 is 9.73 Å². The van der Waals surface area contributed by atoms with Crippen molar-refractivity contribution in [3.63, 3.8) is 0 Å². The highest BCUT2D eigenvalue weighted by Gasteiger charge is 2.18. The minimum Gasteiger partial charge on any atom is -0.459 e. The van der Waals surface area contributed by atoms with Gasteiger partial charge in [0.1, 0.15) is 17.0 Å². The van der Waals surface area contributed by atoms with Crippen LogP contribution in [0.3, 0.4) is 0 Å². The molecule has 120 valence electrons. The summed E-state index contributed by atoms with van der Waals surface area (Å²) in [7, 11) is 1.77. The first-order valence-corrected chi connectivity index (χ1v) is 7.88. The summed E-state index contributed by atoms with van der Waals surface area (Å²) in [4.78, 5) is 12.4. The molecule has 0 saturated carbocycles. The second kappa shape index (κ2) is 6.08. The van der Waals surface area contributed by atoms with Crippen molar-refractivity contribution < 1.29 is 9.21 Å². The summed E-state index contributed by atoms with van der Waals surface area (Å²) in [5.74, 6) is 0.513. The molecule has 0 spiro atoms. The quantitative estimate of drug-likeness (QED) is 0.789. The number of amides is 1. The van der Waals surface area contributed by atoms with Crippen molar-refractivity contribution in [3.8, 4) is 0 Å². The van der Waals surface area contributed by atoms with E-state index in [9.17, 15) is 4.79 Å². The molecule has 5 nitrogen and oxygen atoms in total. The Labute approximate surface area is 139 Å². The van der Waals surface area contributed by atoms with Crippen molar-refractivity contribution in [1.82, 2.24) is 15.1 Å². The van der Waals surface area contributed by atoms with Gasteiger partial charge in [-0.3, -0.25) is 9.48 Å². The van der Waals surface area contributed by atoms with E-state index in [1.165, 1.54) is 0 Å². The second-order valence-electron chi connectivity index (χ2n) is 5.52. The first-order chi connectivity index (χ1) is 11.0. The Hall–Kier alpha value is -2.27. The zero-order chi connectivity index (χ0) is 16.6. The summed E-state index contributed by atoms with van der Waals surface area (Å²) in [6.07, 6.45) is 0.793. The number of carbonyl (C=O) groups is 1. The molecule has 3 rings (SSSR count). The number of hydrogen-bond donors (Lipinski definition) is 1. The second-order valence-corrected chi connectivity index (χ2v) is 5.96. The molecule has 0 unspecified atom stereocenters. The van der Waals surface area contributed by atoms with Crippen LogP contribution in [0.15, 0.2) is 34.7 Å². The summed E-state index contributed by atoms with van der Waals surface area (Å²) >= 11 is 5.98. The molecule has 6 heteroatoms. The summed E-state index contributed by atoms with van der Waals surface area (Å²) < 4.78 is 7.38. The fraction of sp³-hybridized carbons (Fsp3) is 0.294. The Balaban J connectivity index is 1.80. The van der Waals surface area contributed by atoms with Crippen molar-refractivity contribution in [2.45, 2.75) is 26.3 Å². The molecular formula is C17H18ClN3O2. The number of aryl methyl sites for hydroxylation is 2. The molecule has 0 aliphatic carbocycles. The molecule has 0 radical (unpaired) electrons. The first-order valence-electron chi connectivity index (χ1n) is 7.50. The fourth-order valence-corrected chi connectivity index (χ4v) is 2.68. The number of rotatable bonds is 4. The van der Waals surface area contributed by atoms with Crippen LogP contribution in [0, 0.1) is 0 Å². The van der Waals surface area contributed by atoms with Crippen LogP contribution < -0.4 is 5.32 Å². The minimum absolute atomic E-state index is 0.175. The Kier molecular flexibility index (Phi) is 4.13. The lowest BCUT2D eigenvalue weighted by Gasteiger charge is -2.11. The van der Waals surface area contributed by atoms with Gasteiger partial charge >= 0.3 is 0 Å². The van der Waals surface area contributed by atoms with Crippen molar-refractivity contribution in [2.75, 3.05) is 0 Å². The van der Waals surface area contributed by atoms with Crippen LogP contribution in [0.1, 0.15) is 41.8 Å². The highest BCUT2D eigenvalue weighted by Crippen LogP contribution is 2.26. The molecule has 0 fully saturated rings. The van der Waals surface area contributed by atoms with Crippen LogP contribution in [-0.2, 0) is 13.5 Å². The number of furan rings is 1. The smallest absolute Gasteiger partial charge is 0.270 e. The predicted octanol–water partition coefficient (Wildman–Crippen LogP) is 3.87. The van der Waals surface area contributed by atoms with Gasteiger partial charge in [-0.25, -0.2) is 0 Å². The van der Waals surface area contributed by atoms with Gasteiger partial charge in [0, 0.05) is 17.5 Å². The van der Waals surface area contributed by atoms with Crippen LogP contribution in [0.5, 0.6) is 0 Å². The van der Waals surface area contributed by atoms with Gasteiger partial charge in [0.2, 0.25) is 0 Å². The zero-order valence-corrected chi connectivity index (χ0v) is 14.0. The van der Waals surface area contributed by atoms with E-state index in [0.29, 0.717) is 16.5 Å². The normalized spacial score (nSPS) is 12.5. The lowest BCUT2D eigenvalue weighted by molar-refractivity contribution is 0.0926. The maximum atomic E-state index is 12.4. The van der Waals surface area contributed by atoms with Crippen LogP contribution in [-0.4, -0.2) is 15.7 Å². The largest absolute Gasteiger partial charge is 0.459 e. The molecule has 1 aromatic carbocycles. The van der Waals surface area contributed by atoms with E-state index in [2.05, 4.69) is 10.4 Å². The number of aromatic nitrogens is 2. The van der Waals surface area contributed by atoms with E-state index in [1.807, 2.05) is 32.0 Å². The number of carbonyl (C=O) groups excluding carboxylic acids is 1. The minimum atomic E-state index is -0.256. The lowest BCUT2D eigenvalue weighted by atomic mass is 10.2. The van der Waals surface area contributed by atoms with Crippen LogP contribution >= 0.6 is 11.6 Å². The molecule has 0 aliphatic rings. The molecule has 0 saturated heterocycles. The molecule has 1 N–H and O–H groups in total. The number of nitrogens with zero attached hydrogens (tertiary/aromatic N) is 2. The van der Waals surface area contributed by atoms with E-state index in [0.717, 1.165) is 23.1 Å². The first kappa shape index (κ1) is 15.6. The Morgan fingerprint density at radius 3 is 2.87 bits per heavy atom. The number of nitrogens with one attached hydrogen (secondary N) is 1. The van der Waals surface area contributed by atoms with Gasteiger partial charge in [-0.15, -0.1) is 0 Å². The number of benzene rings is 1. The lowest BCUT2D eigenvalue weighted by Crippen LogP contribution is -2.28. The third-order valence-corrected chi connectivity index (χ3v) is 4.03. The Bertz CT molecular complexity index is 866. The van der Waals surface area contributed by atoms with Crippen molar-refractivity contribution in [2.24, 2.45) is 7.05 Å². The summed E-state index contributed by atoms with van der Waals surface area (Å²) in [6, 6.07) is 8.89. The van der Waals surface area contributed by atoms with Gasteiger partial charge in [-0.05, 0) is 43.7 Å². The van der Waals surface area contributed by atoms with Gasteiger partial charge in [0.05, 0.1) is 11.7 Å². The molecule has 2 aromatic heterocycles. The van der Waals surface area contributed by atoms with Crippen LogP contribution in [0.2, 0.25) is 5.02 Å². The van der Waals surface area contributed by atoms with Crippen molar-refractivity contribution in [1.29, 1.82) is 0 Å². The Morgan fingerprint density at radius 1 is 1.39 bits per heavy atom. The third kappa shape index (κ3) is 3.10. The number of hydrogen-bond acceptors (Lipinski definition) is 3. The van der Waals surface area contributed by atoms with Crippen LogP contribution in [0.25, 0.3) is 11.0 Å². The maximum absolute atomic E-state index is 12.4. The Morgan fingerprint density at radius 2 is 2.17 bits per heavy atom. The highest BCUT2D eigenvalue weighted by atomic mass is 35.5. The van der Waals surface area contributed by atoms with Crippen LogP contribution in [0.4, 0.5) is 0 Å². The maximum Gasteiger partial charge on any atom is 0.270 e. The van der Waals surface area contributed by atoms with E-state index in [4.69, 9.17) is 16.0 Å². The molecule has 3 aromatic rings. The van der Waals surface area contributed by atoms with E-state index in [1.54, 1.807) is 23.9 Å². The number of halogens is 1. The molecule has 1 atom stereocenters. The van der Waals surface area contributed by atoms with Crippen molar-refractivity contribution >= 4 is 28.5 Å². The summed E-state index contributed by atoms with van der Waals surface area (Å²) in [5, 5.41) is 8.81. The standard InChI is InChI=1S/C17H18ClN3O2/c1-4-13-9-14(21(3)20-13)17(22)19-10(2)16-8-11-7-12(18)5-6-15(11)23-16/h5-10H,4H2,1-3H3,(H,19,22)/t10-/m1/s1. The zero-order valence-electron chi connectivity index (χ0n) is 13.3. The van der Waals surface area contributed by atoms with E-state index < -0.39 is 0 Å². The molecule has 0 aliphatic heterocycles. The highest BCUT2D eigenvalue weighted by molar-refractivity contribution is 6.31. The molecule has 1 amide bonds. The predicted molar refractivity (Wildman–Crippen MR) is 89.7 cm³/mol. The average molecular weight is 332 g/mol. The van der Waals surface area contributed by atoms with Gasteiger partial charge in [-0.2, -0.15) is 5.10 Å². The monoisotopic (exact) mass is 331 g/mol. The molecule has 23 heavy (non-hydrogen) atoms. The van der Waals surface area contributed by atoms with E-state index in [-0.39, 0.29) is 11.9 Å². The average Bonchev–Trinajstić information content (AvgIpc) is 3.09. The number of fused-ring (bicyclic) bond motifs is 1. The fourth-order valence-electron chi connectivity index (χ4n) is 2.50. The summed E-state index contributed by atoms with van der Waals surface area (Å²) in [6.45, 7) is 3.89. The SMILES string of the molecule is CCc1cc(C(=O)N[C@H](C)c2cc3cc(Cl)ccc3o2)n(C)n1. The topological polar surface area (TPSA) is 60.1 Å². The van der Waals surface area contributed by atoms with Crippen molar-refractivity contribution in [3.05, 3.63) is 52.5 Å².